The van der Waals surface area contributed by atoms with Crippen molar-refractivity contribution in [3.05, 3.63) is 59.7 Å². The maximum absolute atomic E-state index is 14.4. The number of ether oxygens (including phenoxy) is 1. The van der Waals surface area contributed by atoms with Crippen molar-refractivity contribution in [3.8, 4) is 5.75 Å². The molecule has 0 saturated carbocycles. The van der Waals surface area contributed by atoms with Crippen molar-refractivity contribution < 1.29 is 18.8 Å². The first-order valence-electron chi connectivity index (χ1n) is 9.75. The molecule has 10 heteroatoms. The largest absolute Gasteiger partial charge is 0.494 e. The number of nitrogens with one attached hydrogen (secondary N) is 3. The normalized spacial score (nSPS) is 12.8. The van der Waals surface area contributed by atoms with Gasteiger partial charge in [0.2, 0.25) is 0 Å². The molecule has 1 aliphatic heterocycles. The summed E-state index contributed by atoms with van der Waals surface area (Å²) in [4.78, 5) is 5.13. The fourth-order valence-corrected chi connectivity index (χ4v) is 4.14. The lowest BCUT2D eigenvalue weighted by Gasteiger charge is -2.14. The standard InChI is InChI=1S/C22H22FN6O2S/c1-28-10-14(11-28)13-7-17(23)21(24)29(12-13)22(25)32-15-3-4-18-16(8-15)20(31-2)19(9-27-18)26-5-6-30/h3-4,7-12,24-26,30H,5-6H2,1-2H3/q+1. The topological polar surface area (TPSA) is 110 Å². The van der Waals surface area contributed by atoms with Crippen LogP contribution in [0.1, 0.15) is 5.56 Å². The smallest absolute Gasteiger partial charge is 0.182 e. The molecule has 0 bridgehead atoms. The molecule has 164 valence electrons. The average Bonchev–Trinajstić information content (AvgIpc) is 2.76. The fourth-order valence-electron chi connectivity index (χ4n) is 3.36. The zero-order valence-corrected chi connectivity index (χ0v) is 18.3. The summed E-state index contributed by atoms with van der Waals surface area (Å²) in [5, 5.41) is 29.5. The molecule has 0 atom stereocenters. The lowest BCUT2D eigenvalue weighted by Crippen LogP contribution is -2.28. The lowest BCUT2D eigenvalue weighted by molar-refractivity contribution is -0.423. The maximum atomic E-state index is 14.4. The Morgan fingerprint density at radius 3 is 2.84 bits per heavy atom. The molecule has 0 amide bonds. The zero-order valence-electron chi connectivity index (χ0n) is 17.5. The fraction of sp³-hybridized carbons (Fsp3) is 0.182. The number of fused-ring (bicyclic) bond motifs is 1. The van der Waals surface area contributed by atoms with Crippen LogP contribution in [0.2, 0.25) is 0 Å². The Hall–Kier alpha value is -3.50. The molecular formula is C22H22FN6O2S+. The van der Waals surface area contributed by atoms with Gasteiger partial charge in [0.25, 0.3) is 0 Å². The number of hydrogen-bond acceptors (Lipinski definition) is 7. The molecule has 0 aliphatic carbocycles. The second kappa shape index (κ2) is 8.93. The van der Waals surface area contributed by atoms with Gasteiger partial charge in [-0.05, 0) is 24.3 Å². The molecule has 1 aliphatic rings. The Kier molecular flexibility index (Phi) is 6.06. The molecule has 32 heavy (non-hydrogen) atoms. The number of rotatable bonds is 6. The Labute approximate surface area is 187 Å². The van der Waals surface area contributed by atoms with Gasteiger partial charge in [-0.1, -0.05) is 11.8 Å². The van der Waals surface area contributed by atoms with Gasteiger partial charge in [0, 0.05) is 28.6 Å². The van der Waals surface area contributed by atoms with Crippen LogP contribution in [0, 0.1) is 16.6 Å². The van der Waals surface area contributed by atoms with Crippen LogP contribution in [0.25, 0.3) is 16.5 Å². The molecule has 3 aromatic rings. The minimum Gasteiger partial charge on any atom is -0.494 e. The highest BCUT2D eigenvalue weighted by molar-refractivity contribution is 8.13. The molecule has 4 rings (SSSR count). The molecule has 1 aromatic carbocycles. The van der Waals surface area contributed by atoms with Crippen molar-refractivity contribution in [2.45, 2.75) is 4.90 Å². The SMILES string of the molecule is COc1c(NCCO)cnc2ccc(SC(=N)n3cc(C4=C[N+](C)=C4)cc(F)c3=N)cc12. The van der Waals surface area contributed by atoms with Crippen LogP contribution >= 0.6 is 11.8 Å². The monoisotopic (exact) mass is 453 g/mol. The Balaban J connectivity index is 1.67. The first kappa shape index (κ1) is 21.7. The van der Waals surface area contributed by atoms with E-state index in [0.29, 0.717) is 34.0 Å². The van der Waals surface area contributed by atoms with E-state index in [-0.39, 0.29) is 17.3 Å². The van der Waals surface area contributed by atoms with Gasteiger partial charge >= 0.3 is 0 Å². The van der Waals surface area contributed by atoms with Crippen LogP contribution in [0.3, 0.4) is 0 Å². The van der Waals surface area contributed by atoms with Crippen molar-refractivity contribution in [3.63, 3.8) is 0 Å². The number of benzene rings is 1. The second-order valence-electron chi connectivity index (χ2n) is 7.12. The number of aliphatic hydroxyl groups is 1. The van der Waals surface area contributed by atoms with Gasteiger partial charge < -0.3 is 15.2 Å². The molecule has 8 nitrogen and oxygen atoms in total. The van der Waals surface area contributed by atoms with Crippen molar-refractivity contribution in [1.82, 2.24) is 9.55 Å². The Morgan fingerprint density at radius 2 is 2.16 bits per heavy atom. The summed E-state index contributed by atoms with van der Waals surface area (Å²) < 4.78 is 23.0. The van der Waals surface area contributed by atoms with Crippen LogP contribution in [-0.4, -0.2) is 57.9 Å². The molecule has 0 radical (unpaired) electrons. The van der Waals surface area contributed by atoms with Crippen molar-refractivity contribution in [1.29, 1.82) is 10.8 Å². The summed E-state index contributed by atoms with van der Waals surface area (Å²) in [5.74, 6) is -0.114. The van der Waals surface area contributed by atoms with Crippen molar-refractivity contribution >= 4 is 45.3 Å². The highest BCUT2D eigenvalue weighted by Crippen LogP contribution is 2.35. The molecule has 2 aromatic heterocycles. The van der Waals surface area contributed by atoms with Crippen molar-refractivity contribution in [2.24, 2.45) is 0 Å². The summed E-state index contributed by atoms with van der Waals surface area (Å²) in [6, 6.07) is 6.78. The lowest BCUT2D eigenvalue weighted by atomic mass is 10.1. The van der Waals surface area contributed by atoms with E-state index in [9.17, 15) is 4.39 Å². The van der Waals surface area contributed by atoms with Crippen LogP contribution < -0.4 is 15.5 Å². The number of halogens is 1. The van der Waals surface area contributed by atoms with Gasteiger partial charge in [-0.3, -0.25) is 20.4 Å². The van der Waals surface area contributed by atoms with E-state index in [1.165, 1.54) is 10.6 Å². The van der Waals surface area contributed by atoms with Crippen LogP contribution in [0.5, 0.6) is 5.75 Å². The van der Waals surface area contributed by atoms with E-state index in [1.54, 1.807) is 19.5 Å². The number of thioether (sulfide) groups is 1. The van der Waals surface area contributed by atoms with E-state index in [2.05, 4.69) is 10.3 Å². The molecule has 0 unspecified atom stereocenters. The third-order valence-corrected chi connectivity index (χ3v) is 5.77. The highest BCUT2D eigenvalue weighted by atomic mass is 32.2. The minimum absolute atomic E-state index is 0.00939. The van der Waals surface area contributed by atoms with E-state index < -0.39 is 5.82 Å². The molecule has 0 spiro atoms. The zero-order chi connectivity index (χ0) is 22.8. The minimum atomic E-state index is -0.694. The maximum Gasteiger partial charge on any atom is 0.182 e. The van der Waals surface area contributed by atoms with Gasteiger partial charge in [-0.15, -0.1) is 0 Å². The summed E-state index contributed by atoms with van der Waals surface area (Å²) >= 11 is 1.10. The number of aromatic nitrogens is 2. The molecular weight excluding hydrogens is 431 g/mol. The average molecular weight is 454 g/mol. The van der Waals surface area contributed by atoms with Crippen LogP contribution in [-0.2, 0) is 0 Å². The molecule has 3 heterocycles. The number of anilines is 1. The highest BCUT2D eigenvalue weighted by Gasteiger charge is 2.19. The number of pyridine rings is 2. The quantitative estimate of drug-likeness (QED) is 0.199. The van der Waals surface area contributed by atoms with Crippen LogP contribution in [0.15, 0.2) is 47.8 Å². The first-order chi connectivity index (χ1) is 15.4. The van der Waals surface area contributed by atoms with E-state index in [0.717, 1.165) is 22.7 Å². The van der Waals surface area contributed by atoms with Gasteiger partial charge in [-0.2, -0.15) is 0 Å². The predicted molar refractivity (Wildman–Crippen MR) is 123 cm³/mol. The van der Waals surface area contributed by atoms with E-state index in [4.69, 9.17) is 20.7 Å². The third kappa shape index (κ3) is 4.14. The van der Waals surface area contributed by atoms with Gasteiger partial charge in [-0.25, -0.2) is 8.97 Å². The summed E-state index contributed by atoms with van der Waals surface area (Å²) in [6.07, 6.45) is 6.94. The molecule has 4 N–H and O–H groups in total. The number of nitrogens with zero attached hydrogens (tertiary/aromatic N) is 3. The van der Waals surface area contributed by atoms with E-state index in [1.807, 2.05) is 42.2 Å². The number of aliphatic hydroxyl groups excluding tert-OH is 1. The first-order valence-corrected chi connectivity index (χ1v) is 10.6. The Bertz CT molecular complexity index is 1350. The van der Waals surface area contributed by atoms with Crippen molar-refractivity contribution in [2.75, 3.05) is 32.6 Å². The summed E-state index contributed by atoms with van der Waals surface area (Å²) in [7, 11) is 3.43. The third-order valence-electron chi connectivity index (χ3n) is 4.89. The van der Waals surface area contributed by atoms with Crippen LogP contribution in [0.4, 0.5) is 10.1 Å². The number of methoxy groups -OCH3 is 1. The number of allylic oxidation sites excluding steroid dienone is 1. The molecule has 0 saturated heterocycles. The van der Waals surface area contributed by atoms with E-state index >= 15 is 0 Å². The number of hydrogen-bond donors (Lipinski definition) is 4. The Morgan fingerprint density at radius 1 is 1.38 bits per heavy atom. The summed E-state index contributed by atoms with van der Waals surface area (Å²) in [5.41, 5.74) is 2.42. The molecule has 0 fully saturated rings. The summed E-state index contributed by atoms with van der Waals surface area (Å²) in [6.45, 7) is 0.332. The van der Waals surface area contributed by atoms with Gasteiger partial charge in [0.05, 0.1) is 31.1 Å². The second-order valence-corrected chi connectivity index (χ2v) is 8.18. The van der Waals surface area contributed by atoms with Gasteiger partial charge in [0.1, 0.15) is 12.6 Å². The van der Waals surface area contributed by atoms with Gasteiger partial charge in [0.15, 0.2) is 34.6 Å². The predicted octanol–water partition coefficient (Wildman–Crippen LogP) is 2.71.